The first-order valence-corrected chi connectivity index (χ1v) is 8.71. The van der Waals surface area contributed by atoms with E-state index in [1.54, 1.807) is 0 Å². The lowest BCUT2D eigenvalue weighted by Crippen LogP contribution is -2.40. The zero-order chi connectivity index (χ0) is 15.3. The number of rotatable bonds is 3. The Morgan fingerprint density at radius 1 is 1.19 bits per heavy atom. The Labute approximate surface area is 141 Å². The van der Waals surface area contributed by atoms with Crippen molar-refractivity contribution in [3.05, 3.63) is 35.9 Å². The van der Waals surface area contributed by atoms with Gasteiger partial charge in [0.2, 0.25) is 0 Å². The number of benzene rings is 1. The SMILES string of the molecule is CC(C)(I)C(=O)OC1(c2ccccc2)CCCNCCC1. The topological polar surface area (TPSA) is 38.3 Å². The normalized spacial score (nSPS) is 19.4. The van der Waals surface area contributed by atoms with Crippen LogP contribution in [0.3, 0.4) is 0 Å². The first-order valence-electron chi connectivity index (χ1n) is 7.63. The van der Waals surface area contributed by atoms with Crippen molar-refractivity contribution in [2.75, 3.05) is 13.1 Å². The van der Waals surface area contributed by atoms with Crippen molar-refractivity contribution >= 4 is 28.6 Å². The molecule has 0 bridgehead atoms. The standard InChI is InChI=1S/C17H24INO2/c1-16(2,18)15(20)21-17(14-8-4-3-5-9-14)10-6-12-19-13-7-11-17/h3-5,8-9,19H,6-7,10-13H2,1-2H3. The van der Waals surface area contributed by atoms with Crippen LogP contribution in [0, 0.1) is 0 Å². The molecule has 0 unspecified atom stereocenters. The Morgan fingerprint density at radius 2 is 1.76 bits per heavy atom. The van der Waals surface area contributed by atoms with Crippen LogP contribution in [0.4, 0.5) is 0 Å². The van der Waals surface area contributed by atoms with E-state index in [4.69, 9.17) is 4.74 Å². The van der Waals surface area contributed by atoms with Crippen LogP contribution < -0.4 is 5.32 Å². The fourth-order valence-electron chi connectivity index (χ4n) is 2.74. The first-order chi connectivity index (χ1) is 9.94. The summed E-state index contributed by atoms with van der Waals surface area (Å²) >= 11 is 2.16. The maximum atomic E-state index is 12.5. The van der Waals surface area contributed by atoms with Crippen LogP contribution in [0.15, 0.2) is 30.3 Å². The Balaban J connectivity index is 2.31. The van der Waals surface area contributed by atoms with Crippen LogP contribution >= 0.6 is 22.6 Å². The lowest BCUT2D eigenvalue weighted by Gasteiger charge is -2.37. The minimum atomic E-state index is -0.500. The second kappa shape index (κ2) is 7.09. The van der Waals surface area contributed by atoms with Crippen molar-refractivity contribution in [2.45, 2.75) is 48.6 Å². The monoisotopic (exact) mass is 401 g/mol. The van der Waals surface area contributed by atoms with E-state index in [0.29, 0.717) is 0 Å². The zero-order valence-corrected chi connectivity index (χ0v) is 15.0. The molecule has 3 nitrogen and oxygen atoms in total. The number of carbonyl (C=O) groups excluding carboxylic acids is 1. The quantitative estimate of drug-likeness (QED) is 0.476. The molecule has 1 aromatic rings. The van der Waals surface area contributed by atoms with Crippen LogP contribution in [-0.4, -0.2) is 22.5 Å². The summed E-state index contributed by atoms with van der Waals surface area (Å²) in [7, 11) is 0. The summed E-state index contributed by atoms with van der Waals surface area (Å²) in [6, 6.07) is 10.2. The molecule has 4 heteroatoms. The predicted molar refractivity (Wildman–Crippen MR) is 93.6 cm³/mol. The maximum Gasteiger partial charge on any atom is 0.322 e. The smallest absolute Gasteiger partial charge is 0.322 e. The molecule has 0 spiro atoms. The van der Waals surface area contributed by atoms with Gasteiger partial charge in [-0.15, -0.1) is 0 Å². The van der Waals surface area contributed by atoms with Gasteiger partial charge in [-0.3, -0.25) is 4.79 Å². The van der Waals surface area contributed by atoms with Gasteiger partial charge in [-0.05, 0) is 58.2 Å². The van der Waals surface area contributed by atoms with E-state index >= 15 is 0 Å². The third kappa shape index (κ3) is 4.42. The zero-order valence-electron chi connectivity index (χ0n) is 12.8. The van der Waals surface area contributed by atoms with Gasteiger partial charge in [-0.1, -0.05) is 52.9 Å². The van der Waals surface area contributed by atoms with E-state index in [1.165, 1.54) is 0 Å². The van der Waals surface area contributed by atoms with Crippen molar-refractivity contribution < 1.29 is 9.53 Å². The van der Waals surface area contributed by atoms with Crippen LogP contribution in [0.25, 0.3) is 0 Å². The van der Waals surface area contributed by atoms with E-state index in [1.807, 2.05) is 32.0 Å². The summed E-state index contributed by atoms with van der Waals surface area (Å²) in [4.78, 5) is 12.5. The molecule has 0 aliphatic carbocycles. The van der Waals surface area contributed by atoms with Crippen molar-refractivity contribution in [3.8, 4) is 0 Å². The lowest BCUT2D eigenvalue weighted by molar-refractivity contribution is -0.165. The highest BCUT2D eigenvalue weighted by molar-refractivity contribution is 14.1. The van der Waals surface area contributed by atoms with Gasteiger partial charge >= 0.3 is 5.97 Å². The summed E-state index contributed by atoms with van der Waals surface area (Å²) in [5, 5.41) is 3.42. The summed E-state index contributed by atoms with van der Waals surface area (Å²) in [6.07, 6.45) is 3.79. The third-order valence-electron chi connectivity index (χ3n) is 3.94. The van der Waals surface area contributed by atoms with Gasteiger partial charge < -0.3 is 10.1 Å². The molecule has 1 aromatic carbocycles. The summed E-state index contributed by atoms with van der Waals surface area (Å²) in [5.41, 5.74) is 0.656. The van der Waals surface area contributed by atoms with Crippen LogP contribution in [0.2, 0.25) is 0 Å². The molecule has 0 amide bonds. The van der Waals surface area contributed by atoms with E-state index in [-0.39, 0.29) is 5.97 Å². The van der Waals surface area contributed by atoms with Crippen molar-refractivity contribution in [1.82, 2.24) is 5.32 Å². The fourth-order valence-corrected chi connectivity index (χ4v) is 2.85. The second-order valence-electron chi connectivity index (χ2n) is 6.18. The average molecular weight is 401 g/mol. The molecule has 1 saturated heterocycles. The number of nitrogens with one attached hydrogen (secondary N) is 1. The third-order valence-corrected chi connectivity index (χ3v) is 4.38. The largest absolute Gasteiger partial charge is 0.453 e. The van der Waals surface area contributed by atoms with Gasteiger partial charge in [0.15, 0.2) is 0 Å². The highest BCUT2D eigenvalue weighted by Gasteiger charge is 2.39. The molecule has 0 atom stereocenters. The van der Waals surface area contributed by atoms with E-state index < -0.39 is 9.02 Å². The molecule has 21 heavy (non-hydrogen) atoms. The average Bonchev–Trinajstić information content (AvgIpc) is 2.42. The van der Waals surface area contributed by atoms with Gasteiger partial charge in [0.25, 0.3) is 0 Å². The molecule has 1 heterocycles. The fraction of sp³-hybridized carbons (Fsp3) is 0.588. The molecule has 0 aromatic heterocycles. The molecule has 1 fully saturated rings. The van der Waals surface area contributed by atoms with Gasteiger partial charge in [0.05, 0.1) is 0 Å². The van der Waals surface area contributed by atoms with E-state index in [9.17, 15) is 4.79 Å². The molecular formula is C17H24INO2. The summed E-state index contributed by atoms with van der Waals surface area (Å²) < 4.78 is 5.59. The van der Waals surface area contributed by atoms with Gasteiger partial charge in [-0.25, -0.2) is 0 Å². The lowest BCUT2D eigenvalue weighted by atomic mass is 9.83. The van der Waals surface area contributed by atoms with Gasteiger partial charge in [0.1, 0.15) is 9.02 Å². The minimum Gasteiger partial charge on any atom is -0.453 e. The Morgan fingerprint density at radius 3 is 2.29 bits per heavy atom. The highest BCUT2D eigenvalue weighted by atomic mass is 127. The van der Waals surface area contributed by atoms with Crippen LogP contribution in [0.5, 0.6) is 0 Å². The molecule has 0 radical (unpaired) electrons. The first kappa shape index (κ1) is 16.7. The number of ether oxygens (including phenoxy) is 1. The summed E-state index contributed by atoms with van der Waals surface area (Å²) in [5.74, 6) is -0.125. The Bertz CT molecular complexity index is 459. The number of halogens is 1. The summed E-state index contributed by atoms with van der Waals surface area (Å²) in [6.45, 7) is 5.78. The van der Waals surface area contributed by atoms with E-state index in [2.05, 4.69) is 40.0 Å². The molecule has 116 valence electrons. The number of hydrogen-bond acceptors (Lipinski definition) is 3. The Kier molecular flexibility index (Phi) is 5.66. The number of carbonyl (C=O) groups is 1. The van der Waals surface area contributed by atoms with Crippen LogP contribution in [-0.2, 0) is 15.1 Å². The molecule has 1 aliphatic heterocycles. The molecular weight excluding hydrogens is 377 g/mol. The van der Waals surface area contributed by atoms with E-state index in [0.717, 1.165) is 44.3 Å². The minimum absolute atomic E-state index is 0.125. The van der Waals surface area contributed by atoms with Gasteiger partial charge in [0, 0.05) is 0 Å². The van der Waals surface area contributed by atoms with Crippen molar-refractivity contribution in [2.24, 2.45) is 0 Å². The number of hydrogen-bond donors (Lipinski definition) is 1. The molecule has 0 saturated carbocycles. The molecule has 1 aliphatic rings. The molecule has 2 rings (SSSR count). The number of esters is 1. The van der Waals surface area contributed by atoms with Crippen LogP contribution in [0.1, 0.15) is 45.1 Å². The predicted octanol–water partition coefficient (Wildman–Crippen LogP) is 3.80. The maximum absolute atomic E-state index is 12.5. The number of alkyl halides is 1. The Hall–Kier alpha value is -0.620. The van der Waals surface area contributed by atoms with Crippen molar-refractivity contribution in [1.29, 1.82) is 0 Å². The highest BCUT2D eigenvalue weighted by Crippen LogP contribution is 2.38. The second-order valence-corrected chi connectivity index (χ2v) is 8.88. The molecule has 1 N–H and O–H groups in total. The van der Waals surface area contributed by atoms with Gasteiger partial charge in [-0.2, -0.15) is 0 Å². The van der Waals surface area contributed by atoms with Crippen molar-refractivity contribution in [3.63, 3.8) is 0 Å².